The molecule has 0 radical (unpaired) electrons. The van der Waals surface area contributed by atoms with Crippen LogP contribution < -0.4 is 15.1 Å². The number of benzene rings is 1. The zero-order valence-electron chi connectivity index (χ0n) is 13.6. The summed E-state index contributed by atoms with van der Waals surface area (Å²) in [6.07, 6.45) is 0.918. The zero-order chi connectivity index (χ0) is 16.8. The number of quaternary nitrogens is 1. The highest BCUT2D eigenvalue weighted by Gasteiger charge is 2.22. The van der Waals surface area contributed by atoms with Crippen LogP contribution in [0.4, 0.5) is 5.69 Å². The van der Waals surface area contributed by atoms with Crippen molar-refractivity contribution in [3.63, 3.8) is 0 Å². The molecule has 2 heterocycles. The molecule has 3 rings (SSSR count). The first-order chi connectivity index (χ1) is 11.7. The van der Waals surface area contributed by atoms with Gasteiger partial charge in [0, 0.05) is 22.1 Å². The summed E-state index contributed by atoms with van der Waals surface area (Å²) in [4.78, 5) is 17.1. The van der Waals surface area contributed by atoms with Crippen LogP contribution in [-0.4, -0.2) is 45.2 Å². The second kappa shape index (κ2) is 8.51. The summed E-state index contributed by atoms with van der Waals surface area (Å²) < 4.78 is 0. The number of hydrogen-bond donors (Lipinski definition) is 2. The number of halogens is 1. The third kappa shape index (κ3) is 4.97. The molecule has 1 aromatic carbocycles. The fraction of sp³-hybridized carbons (Fsp3) is 0.389. The van der Waals surface area contributed by atoms with Crippen molar-refractivity contribution in [3.8, 4) is 0 Å². The maximum Gasteiger partial charge on any atom is 0.275 e. The molecule has 128 valence electrons. The Kier molecular flexibility index (Phi) is 6.12. The Hall–Kier alpha value is -1.56. The molecule has 0 aliphatic carbocycles. The lowest BCUT2D eigenvalue weighted by atomic mass is 10.2. The number of nitrogens with one attached hydrogen (secondary N) is 2. The smallest absolute Gasteiger partial charge is 0.275 e. The third-order valence-electron chi connectivity index (χ3n) is 4.33. The van der Waals surface area contributed by atoms with Crippen LogP contribution in [0.15, 0.2) is 41.8 Å². The van der Waals surface area contributed by atoms with Crippen molar-refractivity contribution in [1.29, 1.82) is 0 Å². The van der Waals surface area contributed by atoms with Crippen molar-refractivity contribution >= 4 is 34.5 Å². The summed E-state index contributed by atoms with van der Waals surface area (Å²) in [6.45, 7) is 5.15. The molecule has 1 aromatic heterocycles. The van der Waals surface area contributed by atoms with E-state index in [-0.39, 0.29) is 5.91 Å². The van der Waals surface area contributed by atoms with Crippen LogP contribution in [0, 0.1) is 0 Å². The van der Waals surface area contributed by atoms with Gasteiger partial charge in [-0.1, -0.05) is 23.7 Å². The van der Waals surface area contributed by atoms with Gasteiger partial charge in [-0.2, -0.15) is 0 Å². The summed E-state index contributed by atoms with van der Waals surface area (Å²) in [7, 11) is 0. The summed E-state index contributed by atoms with van der Waals surface area (Å²) in [5, 5.41) is 5.88. The minimum atomic E-state index is 0.151. The van der Waals surface area contributed by atoms with Gasteiger partial charge in [0.05, 0.1) is 26.2 Å². The van der Waals surface area contributed by atoms with Crippen LogP contribution in [0.3, 0.4) is 0 Å². The third-order valence-corrected chi connectivity index (χ3v) is 5.50. The van der Waals surface area contributed by atoms with E-state index >= 15 is 0 Å². The summed E-state index contributed by atoms with van der Waals surface area (Å²) in [5.74, 6) is 0.151. The molecule has 0 atom stereocenters. The monoisotopic (exact) mass is 364 g/mol. The SMILES string of the molecule is O=C(C[NH+]1CCN(c2cccc(Cl)c2)CC1)NCCc1cccs1. The Bertz CT molecular complexity index is 654. The van der Waals surface area contributed by atoms with Crippen molar-refractivity contribution in [2.75, 3.05) is 44.2 Å². The van der Waals surface area contributed by atoms with Crippen LogP contribution in [0.2, 0.25) is 5.02 Å². The second-order valence-corrected chi connectivity index (χ2v) is 7.54. The molecular weight excluding hydrogens is 342 g/mol. The number of anilines is 1. The Balaban J connectivity index is 1.38. The summed E-state index contributed by atoms with van der Waals surface area (Å²) >= 11 is 7.80. The van der Waals surface area contributed by atoms with Crippen LogP contribution >= 0.6 is 22.9 Å². The van der Waals surface area contributed by atoms with E-state index in [1.165, 1.54) is 15.5 Å². The van der Waals surface area contributed by atoms with E-state index in [0.29, 0.717) is 6.54 Å². The fourth-order valence-electron chi connectivity index (χ4n) is 3.00. The van der Waals surface area contributed by atoms with Crippen molar-refractivity contribution < 1.29 is 9.69 Å². The number of carbonyl (C=O) groups is 1. The molecule has 0 spiro atoms. The first kappa shape index (κ1) is 17.3. The summed E-state index contributed by atoms with van der Waals surface area (Å²) in [5.41, 5.74) is 1.17. The Morgan fingerprint density at radius 2 is 2.08 bits per heavy atom. The van der Waals surface area contributed by atoms with Gasteiger partial charge in [-0.15, -0.1) is 11.3 Å². The average Bonchev–Trinajstić information content (AvgIpc) is 3.09. The predicted octanol–water partition coefficient (Wildman–Crippen LogP) is 1.47. The van der Waals surface area contributed by atoms with Crippen molar-refractivity contribution in [1.82, 2.24) is 5.32 Å². The van der Waals surface area contributed by atoms with E-state index in [1.807, 2.05) is 24.3 Å². The predicted molar refractivity (Wildman–Crippen MR) is 100 cm³/mol. The number of rotatable bonds is 6. The van der Waals surface area contributed by atoms with E-state index in [9.17, 15) is 4.79 Å². The van der Waals surface area contributed by atoms with E-state index in [1.54, 1.807) is 11.3 Å². The lowest BCUT2D eigenvalue weighted by Crippen LogP contribution is -3.16. The highest BCUT2D eigenvalue weighted by molar-refractivity contribution is 7.09. The molecule has 24 heavy (non-hydrogen) atoms. The Labute approximate surface area is 152 Å². The van der Waals surface area contributed by atoms with Gasteiger partial charge in [0.25, 0.3) is 5.91 Å². The van der Waals surface area contributed by atoms with E-state index in [4.69, 9.17) is 11.6 Å². The normalized spacial score (nSPS) is 15.5. The van der Waals surface area contributed by atoms with Gasteiger partial charge in [0.2, 0.25) is 0 Å². The lowest BCUT2D eigenvalue weighted by molar-refractivity contribution is -0.892. The molecule has 0 bridgehead atoms. The van der Waals surface area contributed by atoms with Crippen LogP contribution in [-0.2, 0) is 11.2 Å². The highest BCUT2D eigenvalue weighted by atomic mass is 35.5. The van der Waals surface area contributed by atoms with Gasteiger partial charge in [-0.3, -0.25) is 4.79 Å². The van der Waals surface area contributed by atoms with Gasteiger partial charge < -0.3 is 15.1 Å². The maximum atomic E-state index is 12.1. The van der Waals surface area contributed by atoms with Gasteiger partial charge in [-0.05, 0) is 36.1 Å². The molecule has 4 nitrogen and oxygen atoms in total. The lowest BCUT2D eigenvalue weighted by Gasteiger charge is -2.33. The van der Waals surface area contributed by atoms with E-state index in [2.05, 4.69) is 27.7 Å². The first-order valence-electron chi connectivity index (χ1n) is 8.34. The molecule has 1 saturated heterocycles. The topological polar surface area (TPSA) is 36.8 Å². The molecule has 1 aliphatic heterocycles. The minimum absolute atomic E-state index is 0.151. The highest BCUT2D eigenvalue weighted by Crippen LogP contribution is 2.19. The number of piperazine rings is 1. The van der Waals surface area contributed by atoms with Crippen molar-refractivity contribution in [2.24, 2.45) is 0 Å². The average molecular weight is 365 g/mol. The second-order valence-electron chi connectivity index (χ2n) is 6.07. The maximum absolute atomic E-state index is 12.1. The molecule has 6 heteroatoms. The molecule has 1 aliphatic rings. The molecule has 2 aromatic rings. The minimum Gasteiger partial charge on any atom is -0.360 e. The van der Waals surface area contributed by atoms with Gasteiger partial charge in [0.1, 0.15) is 0 Å². The van der Waals surface area contributed by atoms with Crippen molar-refractivity contribution in [2.45, 2.75) is 6.42 Å². The Morgan fingerprint density at radius 3 is 2.79 bits per heavy atom. The quantitative estimate of drug-likeness (QED) is 0.814. The van der Waals surface area contributed by atoms with E-state index < -0.39 is 0 Å². The first-order valence-corrected chi connectivity index (χ1v) is 9.59. The number of thiophene rings is 1. The fourth-order valence-corrected chi connectivity index (χ4v) is 3.89. The van der Waals surface area contributed by atoms with Gasteiger partial charge in [0.15, 0.2) is 6.54 Å². The molecule has 0 saturated carbocycles. The number of amides is 1. The molecule has 0 unspecified atom stereocenters. The van der Waals surface area contributed by atoms with Gasteiger partial charge in [-0.25, -0.2) is 0 Å². The molecule has 2 N–H and O–H groups in total. The van der Waals surface area contributed by atoms with Crippen LogP contribution in [0.5, 0.6) is 0 Å². The largest absolute Gasteiger partial charge is 0.360 e. The molecule has 1 fully saturated rings. The zero-order valence-corrected chi connectivity index (χ0v) is 15.2. The number of nitrogens with zero attached hydrogens (tertiary/aromatic N) is 1. The number of carbonyl (C=O) groups excluding carboxylic acids is 1. The Morgan fingerprint density at radius 1 is 1.25 bits per heavy atom. The molecular formula is C18H23ClN3OS+. The van der Waals surface area contributed by atoms with Crippen LogP contribution in [0.25, 0.3) is 0 Å². The molecule has 1 amide bonds. The van der Waals surface area contributed by atoms with E-state index in [0.717, 1.165) is 44.2 Å². The number of hydrogen-bond acceptors (Lipinski definition) is 3. The van der Waals surface area contributed by atoms with Crippen LogP contribution in [0.1, 0.15) is 4.88 Å². The van der Waals surface area contributed by atoms with Gasteiger partial charge >= 0.3 is 0 Å². The summed E-state index contributed by atoms with van der Waals surface area (Å²) in [6, 6.07) is 12.1. The standard InChI is InChI=1S/C18H22ClN3OS/c19-15-3-1-4-16(13-15)22-10-8-21(9-11-22)14-18(23)20-7-6-17-5-2-12-24-17/h1-5,12-13H,6-11,14H2,(H,20,23)/p+1. The van der Waals surface area contributed by atoms with Crippen molar-refractivity contribution in [3.05, 3.63) is 51.7 Å².